The molecular formula is C22H26BrN3O3. The van der Waals surface area contributed by atoms with Crippen LogP contribution < -0.4 is 10.1 Å². The molecule has 1 saturated heterocycles. The predicted molar refractivity (Wildman–Crippen MR) is 117 cm³/mol. The Morgan fingerprint density at radius 3 is 2.41 bits per heavy atom. The van der Waals surface area contributed by atoms with Crippen molar-refractivity contribution in [3.05, 3.63) is 58.6 Å². The quantitative estimate of drug-likeness (QED) is 0.716. The van der Waals surface area contributed by atoms with Crippen molar-refractivity contribution in [1.82, 2.24) is 9.80 Å². The van der Waals surface area contributed by atoms with Crippen molar-refractivity contribution < 1.29 is 14.3 Å². The molecule has 2 aromatic carbocycles. The molecule has 1 fully saturated rings. The summed E-state index contributed by atoms with van der Waals surface area (Å²) in [5.41, 5.74) is 1.18. The number of para-hydroxylation sites is 1. The van der Waals surface area contributed by atoms with Crippen LogP contribution in [-0.2, 0) is 4.79 Å². The molecule has 6 nitrogen and oxygen atoms in total. The predicted octanol–water partition coefficient (Wildman–Crippen LogP) is 3.63. The Hall–Kier alpha value is -2.38. The van der Waals surface area contributed by atoms with E-state index in [1.165, 1.54) is 0 Å². The zero-order valence-electron chi connectivity index (χ0n) is 16.7. The molecule has 0 aliphatic carbocycles. The lowest BCUT2D eigenvalue weighted by Gasteiger charge is -2.35. The SMILES string of the molecule is CN(C)C1CCN(C(=O)c2ccccc2OCC(=O)Nc2ccc(Br)cc2)CC1. The van der Waals surface area contributed by atoms with E-state index in [2.05, 4.69) is 40.2 Å². The number of carbonyl (C=O) groups excluding carboxylic acids is 2. The molecule has 154 valence electrons. The molecule has 7 heteroatoms. The highest BCUT2D eigenvalue weighted by Crippen LogP contribution is 2.23. The fraction of sp³-hybridized carbons (Fsp3) is 0.364. The molecule has 3 rings (SSSR count). The smallest absolute Gasteiger partial charge is 0.262 e. The fourth-order valence-corrected chi connectivity index (χ4v) is 3.66. The number of likely N-dealkylation sites (tertiary alicyclic amines) is 1. The van der Waals surface area contributed by atoms with E-state index >= 15 is 0 Å². The van der Waals surface area contributed by atoms with Crippen LogP contribution in [0, 0.1) is 0 Å². The number of halogens is 1. The van der Waals surface area contributed by atoms with Crippen molar-refractivity contribution in [3.8, 4) is 5.75 Å². The van der Waals surface area contributed by atoms with Crippen molar-refractivity contribution in [2.75, 3.05) is 39.1 Å². The molecule has 1 aliphatic rings. The van der Waals surface area contributed by atoms with Crippen LogP contribution in [0.15, 0.2) is 53.0 Å². The standard InChI is InChI=1S/C22H26BrN3O3/c1-25(2)18-11-13-26(14-12-18)22(28)19-5-3-4-6-20(19)29-15-21(27)24-17-9-7-16(23)8-10-17/h3-10,18H,11-15H2,1-2H3,(H,24,27). The van der Waals surface area contributed by atoms with Crippen molar-refractivity contribution in [3.63, 3.8) is 0 Å². The van der Waals surface area contributed by atoms with Crippen LogP contribution in [0.25, 0.3) is 0 Å². The van der Waals surface area contributed by atoms with Crippen molar-refractivity contribution in [1.29, 1.82) is 0 Å². The highest BCUT2D eigenvalue weighted by molar-refractivity contribution is 9.10. The van der Waals surface area contributed by atoms with Gasteiger partial charge in [0.15, 0.2) is 6.61 Å². The van der Waals surface area contributed by atoms with Gasteiger partial charge in [-0.25, -0.2) is 0 Å². The minimum atomic E-state index is -0.277. The number of carbonyl (C=O) groups is 2. The Morgan fingerprint density at radius 1 is 1.10 bits per heavy atom. The second-order valence-electron chi connectivity index (χ2n) is 7.33. The van der Waals surface area contributed by atoms with Gasteiger partial charge in [0.05, 0.1) is 5.56 Å². The summed E-state index contributed by atoms with van der Waals surface area (Å²) in [6, 6.07) is 14.9. The number of nitrogens with one attached hydrogen (secondary N) is 1. The molecule has 2 aromatic rings. The number of rotatable bonds is 6. The largest absolute Gasteiger partial charge is 0.483 e. The average molecular weight is 460 g/mol. The molecule has 0 radical (unpaired) electrons. The van der Waals surface area contributed by atoms with Crippen LogP contribution in [0.4, 0.5) is 5.69 Å². The first kappa shape index (κ1) is 21.3. The first-order chi connectivity index (χ1) is 13.9. The van der Waals surface area contributed by atoms with E-state index in [1.54, 1.807) is 30.3 Å². The molecule has 0 spiro atoms. The van der Waals surface area contributed by atoms with Crippen molar-refractivity contribution >= 4 is 33.4 Å². The molecule has 29 heavy (non-hydrogen) atoms. The van der Waals surface area contributed by atoms with Crippen LogP contribution in [0.5, 0.6) is 5.75 Å². The number of hydrogen-bond acceptors (Lipinski definition) is 4. The highest BCUT2D eigenvalue weighted by Gasteiger charge is 2.26. The maximum absolute atomic E-state index is 13.0. The van der Waals surface area contributed by atoms with Crippen LogP contribution in [0.2, 0.25) is 0 Å². The lowest BCUT2D eigenvalue weighted by Crippen LogP contribution is -2.44. The second kappa shape index (κ2) is 9.89. The summed E-state index contributed by atoms with van der Waals surface area (Å²) in [5.74, 6) is 0.102. The summed E-state index contributed by atoms with van der Waals surface area (Å²) in [5, 5.41) is 2.78. The van der Waals surface area contributed by atoms with Gasteiger partial charge in [-0.15, -0.1) is 0 Å². The molecule has 0 unspecified atom stereocenters. The van der Waals surface area contributed by atoms with Crippen LogP contribution in [0.3, 0.4) is 0 Å². The van der Waals surface area contributed by atoms with Crippen molar-refractivity contribution in [2.24, 2.45) is 0 Å². The Balaban J connectivity index is 1.59. The number of ether oxygens (including phenoxy) is 1. The molecule has 1 heterocycles. The highest BCUT2D eigenvalue weighted by atomic mass is 79.9. The number of piperidine rings is 1. The van der Waals surface area contributed by atoms with E-state index < -0.39 is 0 Å². The maximum Gasteiger partial charge on any atom is 0.262 e. The molecule has 0 atom stereocenters. The lowest BCUT2D eigenvalue weighted by atomic mass is 10.0. The van der Waals surface area contributed by atoms with E-state index in [0.29, 0.717) is 23.0 Å². The number of benzene rings is 2. The van der Waals surface area contributed by atoms with Crippen LogP contribution in [-0.4, -0.2) is 61.4 Å². The Morgan fingerprint density at radius 2 is 1.76 bits per heavy atom. The summed E-state index contributed by atoms with van der Waals surface area (Å²) >= 11 is 3.36. The van der Waals surface area contributed by atoms with Crippen LogP contribution in [0.1, 0.15) is 23.2 Å². The van der Waals surface area contributed by atoms with Gasteiger partial charge in [-0.05, 0) is 63.3 Å². The lowest BCUT2D eigenvalue weighted by molar-refractivity contribution is -0.118. The van der Waals surface area contributed by atoms with E-state index in [1.807, 2.05) is 23.1 Å². The molecule has 1 N–H and O–H groups in total. The van der Waals surface area contributed by atoms with Gasteiger partial charge in [0, 0.05) is 29.3 Å². The minimum Gasteiger partial charge on any atom is -0.483 e. The van der Waals surface area contributed by atoms with E-state index in [-0.39, 0.29) is 18.4 Å². The zero-order chi connectivity index (χ0) is 20.8. The average Bonchev–Trinajstić information content (AvgIpc) is 2.73. The maximum atomic E-state index is 13.0. The monoisotopic (exact) mass is 459 g/mol. The summed E-state index contributed by atoms with van der Waals surface area (Å²) in [7, 11) is 4.15. The molecule has 0 aromatic heterocycles. The summed E-state index contributed by atoms with van der Waals surface area (Å²) in [6.45, 7) is 1.28. The normalized spacial score (nSPS) is 14.7. The zero-order valence-corrected chi connectivity index (χ0v) is 18.3. The third-order valence-corrected chi connectivity index (χ3v) is 5.61. The number of anilines is 1. The first-order valence-electron chi connectivity index (χ1n) is 9.67. The number of hydrogen-bond donors (Lipinski definition) is 1. The number of nitrogens with zero attached hydrogens (tertiary/aromatic N) is 2. The van der Waals surface area contributed by atoms with Gasteiger partial charge in [-0.3, -0.25) is 9.59 Å². The van der Waals surface area contributed by atoms with Gasteiger partial charge in [0.1, 0.15) is 5.75 Å². The summed E-state index contributed by atoms with van der Waals surface area (Å²) < 4.78 is 6.63. The van der Waals surface area contributed by atoms with Gasteiger partial charge < -0.3 is 19.9 Å². The van der Waals surface area contributed by atoms with Crippen LogP contribution >= 0.6 is 15.9 Å². The summed E-state index contributed by atoms with van der Waals surface area (Å²) in [4.78, 5) is 29.3. The first-order valence-corrected chi connectivity index (χ1v) is 10.5. The third-order valence-electron chi connectivity index (χ3n) is 5.09. The van der Waals surface area contributed by atoms with E-state index in [4.69, 9.17) is 4.74 Å². The second-order valence-corrected chi connectivity index (χ2v) is 8.24. The molecule has 0 saturated carbocycles. The summed E-state index contributed by atoms with van der Waals surface area (Å²) in [6.07, 6.45) is 1.91. The number of amides is 2. The van der Waals surface area contributed by atoms with Gasteiger partial charge in [-0.1, -0.05) is 28.1 Å². The molecule has 2 amide bonds. The third kappa shape index (κ3) is 5.81. The van der Waals surface area contributed by atoms with Gasteiger partial charge in [-0.2, -0.15) is 0 Å². The van der Waals surface area contributed by atoms with Crippen molar-refractivity contribution in [2.45, 2.75) is 18.9 Å². The van der Waals surface area contributed by atoms with Gasteiger partial charge in [0.25, 0.3) is 11.8 Å². The minimum absolute atomic E-state index is 0.0499. The molecule has 1 aliphatic heterocycles. The topological polar surface area (TPSA) is 61.9 Å². The Labute approximate surface area is 180 Å². The fourth-order valence-electron chi connectivity index (χ4n) is 3.40. The van der Waals surface area contributed by atoms with Gasteiger partial charge >= 0.3 is 0 Å². The molecular weight excluding hydrogens is 434 g/mol. The van der Waals surface area contributed by atoms with E-state index in [0.717, 1.165) is 30.4 Å². The Bertz CT molecular complexity index is 847. The van der Waals surface area contributed by atoms with E-state index in [9.17, 15) is 9.59 Å². The molecule has 0 bridgehead atoms. The van der Waals surface area contributed by atoms with Gasteiger partial charge in [0.2, 0.25) is 0 Å². The Kier molecular flexibility index (Phi) is 7.28.